The van der Waals surface area contributed by atoms with E-state index in [-0.39, 0.29) is 10.6 Å². The van der Waals surface area contributed by atoms with Gasteiger partial charge >= 0.3 is 12.1 Å². The fourth-order valence-corrected chi connectivity index (χ4v) is 1.20. The van der Waals surface area contributed by atoms with Crippen LogP contribution in [0, 0.1) is 0 Å². The topological polar surface area (TPSA) is 37.3 Å². The lowest BCUT2D eigenvalue weighted by molar-refractivity contribution is -0.144. The van der Waals surface area contributed by atoms with Gasteiger partial charge in [0.25, 0.3) is 0 Å². The lowest BCUT2D eigenvalue weighted by Gasteiger charge is -2.07. The van der Waals surface area contributed by atoms with E-state index in [1.54, 1.807) is 0 Å². The van der Waals surface area contributed by atoms with E-state index >= 15 is 0 Å². The smallest absolute Gasteiger partial charge is 0.423 e. The summed E-state index contributed by atoms with van der Waals surface area (Å²) in [5, 5.41) is 8.49. The Morgan fingerprint density at radius 1 is 1.31 bits per heavy atom. The SMILES string of the molecule is O=C(O)/C(=C\c1ccccc1Cl)C(F)(F)F. The van der Waals surface area contributed by atoms with Crippen LogP contribution in [0.4, 0.5) is 13.2 Å². The first-order valence-corrected chi connectivity index (χ1v) is 4.47. The molecule has 6 heteroatoms. The van der Waals surface area contributed by atoms with E-state index in [0.717, 1.165) is 0 Å². The summed E-state index contributed by atoms with van der Waals surface area (Å²) in [7, 11) is 0. The third-order valence-electron chi connectivity index (χ3n) is 1.74. The molecule has 0 bridgehead atoms. The van der Waals surface area contributed by atoms with Crippen LogP contribution in [0.2, 0.25) is 5.02 Å². The Hall–Kier alpha value is -1.49. The summed E-state index contributed by atoms with van der Waals surface area (Å²) < 4.78 is 36.9. The maximum atomic E-state index is 12.3. The van der Waals surface area contributed by atoms with Gasteiger partial charge in [0, 0.05) is 5.02 Å². The van der Waals surface area contributed by atoms with E-state index in [1.807, 2.05) is 0 Å². The zero-order valence-electron chi connectivity index (χ0n) is 7.75. The van der Waals surface area contributed by atoms with Crippen molar-refractivity contribution in [3.8, 4) is 0 Å². The van der Waals surface area contributed by atoms with E-state index in [0.29, 0.717) is 6.08 Å². The van der Waals surface area contributed by atoms with Crippen molar-refractivity contribution in [1.82, 2.24) is 0 Å². The standard InChI is InChI=1S/C10H6ClF3O2/c11-8-4-2-1-3-6(8)5-7(9(15)16)10(12,13)14/h1-5H,(H,15,16)/b7-5+. The number of halogens is 4. The van der Waals surface area contributed by atoms with Crippen molar-refractivity contribution in [2.75, 3.05) is 0 Å². The molecular weight excluding hydrogens is 245 g/mol. The highest BCUT2D eigenvalue weighted by molar-refractivity contribution is 6.32. The zero-order valence-corrected chi connectivity index (χ0v) is 8.51. The zero-order chi connectivity index (χ0) is 12.3. The van der Waals surface area contributed by atoms with Crippen molar-refractivity contribution in [2.45, 2.75) is 6.18 Å². The minimum Gasteiger partial charge on any atom is -0.478 e. The van der Waals surface area contributed by atoms with Crippen molar-refractivity contribution in [3.05, 3.63) is 40.4 Å². The summed E-state index contributed by atoms with van der Waals surface area (Å²) in [4.78, 5) is 10.4. The van der Waals surface area contributed by atoms with Gasteiger partial charge in [-0.25, -0.2) is 4.79 Å². The molecule has 16 heavy (non-hydrogen) atoms. The molecule has 0 fully saturated rings. The summed E-state index contributed by atoms with van der Waals surface area (Å²) in [6, 6.07) is 5.68. The van der Waals surface area contributed by atoms with E-state index in [9.17, 15) is 18.0 Å². The Kier molecular flexibility index (Phi) is 3.59. The van der Waals surface area contributed by atoms with Gasteiger partial charge in [0.05, 0.1) is 0 Å². The molecule has 0 radical (unpaired) electrons. The third kappa shape index (κ3) is 3.00. The van der Waals surface area contributed by atoms with Gasteiger partial charge < -0.3 is 5.11 Å². The number of hydrogen-bond acceptors (Lipinski definition) is 1. The van der Waals surface area contributed by atoms with Gasteiger partial charge in [0.2, 0.25) is 0 Å². The molecule has 0 spiro atoms. The number of hydrogen-bond donors (Lipinski definition) is 1. The quantitative estimate of drug-likeness (QED) is 0.817. The lowest BCUT2D eigenvalue weighted by Crippen LogP contribution is -2.19. The van der Waals surface area contributed by atoms with E-state index in [1.165, 1.54) is 24.3 Å². The maximum absolute atomic E-state index is 12.3. The van der Waals surface area contributed by atoms with Crippen LogP contribution in [0.15, 0.2) is 29.8 Å². The molecule has 0 saturated heterocycles. The predicted octanol–water partition coefficient (Wildman–Crippen LogP) is 3.37. The number of rotatable bonds is 2. The first kappa shape index (κ1) is 12.6. The minimum atomic E-state index is -4.91. The molecule has 2 nitrogen and oxygen atoms in total. The number of alkyl halides is 3. The number of carboxylic acid groups (broad SMARTS) is 1. The predicted molar refractivity (Wildman–Crippen MR) is 53.1 cm³/mol. The fraction of sp³-hybridized carbons (Fsp3) is 0.100. The largest absolute Gasteiger partial charge is 0.478 e. The van der Waals surface area contributed by atoms with Crippen LogP contribution in [0.3, 0.4) is 0 Å². The van der Waals surface area contributed by atoms with Gasteiger partial charge in [-0.2, -0.15) is 13.2 Å². The molecule has 0 saturated carbocycles. The molecule has 0 aliphatic rings. The van der Waals surface area contributed by atoms with Crippen LogP contribution < -0.4 is 0 Å². The third-order valence-corrected chi connectivity index (χ3v) is 2.09. The molecule has 0 aliphatic heterocycles. The van der Waals surface area contributed by atoms with Gasteiger partial charge in [-0.3, -0.25) is 0 Å². The summed E-state index contributed by atoms with van der Waals surface area (Å²) >= 11 is 5.62. The molecule has 1 N–H and O–H groups in total. The molecule has 0 amide bonds. The molecule has 0 aliphatic carbocycles. The van der Waals surface area contributed by atoms with Crippen LogP contribution in [0.25, 0.3) is 6.08 Å². The van der Waals surface area contributed by atoms with Gasteiger partial charge in [0.1, 0.15) is 5.57 Å². The number of carboxylic acids is 1. The molecule has 0 unspecified atom stereocenters. The second-order valence-electron chi connectivity index (χ2n) is 2.88. The lowest BCUT2D eigenvalue weighted by atomic mass is 10.1. The highest BCUT2D eigenvalue weighted by Crippen LogP contribution is 2.29. The second kappa shape index (κ2) is 4.57. The minimum absolute atomic E-state index is 0.0129. The van der Waals surface area contributed by atoms with Crippen LogP contribution in [-0.2, 0) is 4.79 Å². The van der Waals surface area contributed by atoms with Crippen molar-refractivity contribution >= 4 is 23.6 Å². The fourth-order valence-electron chi connectivity index (χ4n) is 1.01. The first-order chi connectivity index (χ1) is 7.32. The molecule has 1 aromatic carbocycles. The van der Waals surface area contributed by atoms with Crippen molar-refractivity contribution in [2.24, 2.45) is 0 Å². The van der Waals surface area contributed by atoms with E-state index < -0.39 is 17.7 Å². The van der Waals surface area contributed by atoms with E-state index in [2.05, 4.69) is 0 Å². The van der Waals surface area contributed by atoms with Crippen molar-refractivity contribution in [1.29, 1.82) is 0 Å². The van der Waals surface area contributed by atoms with Gasteiger partial charge in [-0.1, -0.05) is 29.8 Å². The number of aliphatic carboxylic acids is 1. The van der Waals surface area contributed by atoms with E-state index in [4.69, 9.17) is 16.7 Å². The number of carbonyl (C=O) groups is 1. The van der Waals surface area contributed by atoms with Crippen LogP contribution in [-0.4, -0.2) is 17.3 Å². The molecule has 86 valence electrons. The Labute approximate surface area is 94.0 Å². The molecular formula is C10H6ClF3O2. The van der Waals surface area contributed by atoms with Crippen LogP contribution >= 0.6 is 11.6 Å². The second-order valence-corrected chi connectivity index (χ2v) is 3.29. The van der Waals surface area contributed by atoms with Crippen LogP contribution in [0.5, 0.6) is 0 Å². The highest BCUT2D eigenvalue weighted by atomic mass is 35.5. The summed E-state index contributed by atoms with van der Waals surface area (Å²) in [5.74, 6) is -2.03. The Morgan fingerprint density at radius 3 is 2.31 bits per heavy atom. The maximum Gasteiger partial charge on any atom is 0.423 e. The van der Waals surface area contributed by atoms with Gasteiger partial charge in [-0.15, -0.1) is 0 Å². The average Bonchev–Trinajstić information content (AvgIpc) is 2.14. The molecule has 0 aromatic heterocycles. The Balaban J connectivity index is 3.24. The summed E-state index contributed by atoms with van der Waals surface area (Å²) in [5.41, 5.74) is -1.64. The number of benzene rings is 1. The van der Waals surface area contributed by atoms with Gasteiger partial charge in [-0.05, 0) is 17.7 Å². The monoisotopic (exact) mass is 250 g/mol. The molecule has 0 heterocycles. The summed E-state index contributed by atoms with van der Waals surface area (Å²) in [6.07, 6.45) is -4.41. The normalized spacial score (nSPS) is 12.6. The molecule has 0 atom stereocenters. The molecule has 1 rings (SSSR count). The van der Waals surface area contributed by atoms with Crippen molar-refractivity contribution in [3.63, 3.8) is 0 Å². The Bertz CT molecular complexity index is 438. The van der Waals surface area contributed by atoms with Crippen molar-refractivity contribution < 1.29 is 23.1 Å². The highest BCUT2D eigenvalue weighted by Gasteiger charge is 2.38. The van der Waals surface area contributed by atoms with Crippen LogP contribution in [0.1, 0.15) is 5.56 Å². The Morgan fingerprint density at radius 2 is 1.88 bits per heavy atom. The first-order valence-electron chi connectivity index (χ1n) is 4.09. The van der Waals surface area contributed by atoms with Gasteiger partial charge in [0.15, 0.2) is 0 Å². The summed E-state index contributed by atoms with van der Waals surface area (Å²) in [6.45, 7) is 0. The average molecular weight is 251 g/mol. The molecule has 1 aromatic rings.